The second kappa shape index (κ2) is 9.56. The number of rotatable bonds is 5. The molecule has 0 radical (unpaired) electrons. The Labute approximate surface area is 213 Å². The average molecular weight is 537 g/mol. The molecule has 1 saturated carbocycles. The van der Waals surface area contributed by atoms with Crippen LogP contribution in [0.1, 0.15) is 49.0 Å². The summed E-state index contributed by atoms with van der Waals surface area (Å²) in [6.45, 7) is 0.504. The number of amides is 3. The minimum atomic E-state index is -3.27. The molecule has 2 bridgehead atoms. The molecule has 0 spiro atoms. The molecule has 1 aromatic carbocycles. The Bertz CT molecular complexity index is 1360. The number of halogens is 5. The van der Waals surface area contributed by atoms with E-state index in [-0.39, 0.29) is 25.2 Å². The van der Waals surface area contributed by atoms with E-state index >= 15 is 0 Å². The zero-order valence-electron chi connectivity index (χ0n) is 20.0. The summed E-state index contributed by atoms with van der Waals surface area (Å²) in [5.74, 6) is -11.6. The maximum atomic E-state index is 14.9. The molecule has 5 atom stereocenters. The molecule has 0 unspecified atom stereocenters. The molecule has 8 nitrogen and oxygen atoms in total. The number of aromatic amines is 1. The fourth-order valence-corrected chi connectivity index (χ4v) is 5.99. The Morgan fingerprint density at radius 2 is 1.95 bits per heavy atom. The Morgan fingerprint density at radius 3 is 2.63 bits per heavy atom. The molecule has 3 aliphatic heterocycles. The number of carbonyl (C=O) groups is 3. The van der Waals surface area contributed by atoms with Crippen molar-refractivity contribution >= 4 is 28.6 Å². The predicted molar refractivity (Wildman–Crippen MR) is 122 cm³/mol. The standard InChI is InChI=1S/C25H24F5N5O3/c26-16-8-17(27)19(28)20-14(16)7-18(34-20)24(38)35-13-3-4-15(25(29,30)9-13)21(35)23(37)33-12(10-31)6-11-2-1-5-32-22(11)36/h7-8,11-13,15,21,34H,1-6,9H2,(H,32,36)(H,33,37)/t11-,12+,13-,15-,21+/m1/s1. The number of aromatic nitrogens is 1. The second-order valence-corrected chi connectivity index (χ2v) is 10.1. The van der Waals surface area contributed by atoms with Crippen LogP contribution in [0, 0.1) is 40.6 Å². The van der Waals surface area contributed by atoms with E-state index in [1.807, 2.05) is 6.07 Å². The van der Waals surface area contributed by atoms with E-state index in [2.05, 4.69) is 15.6 Å². The summed E-state index contributed by atoms with van der Waals surface area (Å²) < 4.78 is 72.0. The van der Waals surface area contributed by atoms with Crippen LogP contribution in [0.2, 0.25) is 0 Å². The number of H-pyrrole nitrogens is 1. The van der Waals surface area contributed by atoms with Crippen LogP contribution in [-0.4, -0.2) is 58.2 Å². The number of nitriles is 1. The zero-order chi connectivity index (χ0) is 27.4. The monoisotopic (exact) mass is 537 g/mol. The van der Waals surface area contributed by atoms with E-state index in [1.165, 1.54) is 0 Å². The summed E-state index contributed by atoms with van der Waals surface area (Å²) in [4.78, 5) is 42.3. The first kappa shape index (κ1) is 25.9. The highest BCUT2D eigenvalue weighted by Gasteiger charge is 2.60. The van der Waals surface area contributed by atoms with E-state index in [1.54, 1.807) is 0 Å². The molecule has 1 aliphatic carbocycles. The number of alkyl halides is 2. The topological polar surface area (TPSA) is 118 Å². The number of piperidine rings is 3. The number of nitrogens with zero attached hydrogens (tertiary/aromatic N) is 2. The van der Waals surface area contributed by atoms with Crippen molar-refractivity contribution in [2.45, 2.75) is 62.6 Å². The van der Waals surface area contributed by atoms with E-state index in [9.17, 15) is 41.6 Å². The molecule has 3 amide bonds. The highest BCUT2D eigenvalue weighted by Crippen LogP contribution is 2.49. The van der Waals surface area contributed by atoms with E-state index in [0.29, 0.717) is 25.5 Å². The van der Waals surface area contributed by atoms with Crippen LogP contribution in [-0.2, 0) is 9.59 Å². The van der Waals surface area contributed by atoms with Gasteiger partial charge in [0.15, 0.2) is 11.6 Å². The maximum absolute atomic E-state index is 14.9. The number of fused-ring (bicyclic) bond motifs is 4. The second-order valence-electron chi connectivity index (χ2n) is 10.1. The third-order valence-electron chi connectivity index (χ3n) is 7.82. The van der Waals surface area contributed by atoms with Gasteiger partial charge in [-0.05, 0) is 38.2 Å². The molecule has 4 heterocycles. The first-order chi connectivity index (χ1) is 18.0. The largest absolute Gasteiger partial charge is 0.356 e. The molecular formula is C25H24F5N5O3. The normalized spacial score (nSPS) is 27.1. The molecule has 2 aromatic rings. The third-order valence-corrected chi connectivity index (χ3v) is 7.82. The minimum absolute atomic E-state index is 0.0225. The van der Waals surface area contributed by atoms with Crippen LogP contribution < -0.4 is 10.6 Å². The number of hydrogen-bond acceptors (Lipinski definition) is 4. The third kappa shape index (κ3) is 4.35. The van der Waals surface area contributed by atoms with Gasteiger partial charge in [-0.1, -0.05) is 0 Å². The van der Waals surface area contributed by atoms with Crippen molar-refractivity contribution in [1.82, 2.24) is 20.5 Å². The average Bonchev–Trinajstić information content (AvgIpc) is 3.33. The lowest BCUT2D eigenvalue weighted by Gasteiger charge is -2.53. The van der Waals surface area contributed by atoms with E-state index in [0.717, 1.165) is 11.0 Å². The van der Waals surface area contributed by atoms with Crippen molar-refractivity contribution in [3.05, 3.63) is 35.3 Å². The lowest BCUT2D eigenvalue weighted by atomic mass is 9.71. The zero-order valence-corrected chi connectivity index (χ0v) is 20.0. The minimum Gasteiger partial charge on any atom is -0.356 e. The van der Waals surface area contributed by atoms with Gasteiger partial charge in [0.1, 0.15) is 23.6 Å². The van der Waals surface area contributed by atoms with Gasteiger partial charge in [0.05, 0.1) is 17.5 Å². The van der Waals surface area contributed by atoms with Gasteiger partial charge < -0.3 is 20.5 Å². The lowest BCUT2D eigenvalue weighted by molar-refractivity contribution is -0.179. The molecule has 3 saturated heterocycles. The van der Waals surface area contributed by atoms with E-state index in [4.69, 9.17) is 0 Å². The smallest absolute Gasteiger partial charge is 0.271 e. The van der Waals surface area contributed by atoms with Crippen LogP contribution in [0.3, 0.4) is 0 Å². The number of benzene rings is 1. The van der Waals surface area contributed by atoms with Crippen molar-refractivity contribution in [2.24, 2.45) is 11.8 Å². The quantitative estimate of drug-likeness (QED) is 0.401. The van der Waals surface area contributed by atoms with Crippen LogP contribution in [0.5, 0.6) is 0 Å². The molecule has 1 aromatic heterocycles. The van der Waals surface area contributed by atoms with Crippen molar-refractivity contribution in [2.75, 3.05) is 6.54 Å². The maximum Gasteiger partial charge on any atom is 0.271 e. The van der Waals surface area contributed by atoms with Crippen LogP contribution in [0.25, 0.3) is 10.9 Å². The molecule has 3 N–H and O–H groups in total. The van der Waals surface area contributed by atoms with Gasteiger partial charge in [0, 0.05) is 36.4 Å². The van der Waals surface area contributed by atoms with Crippen LogP contribution >= 0.6 is 0 Å². The van der Waals surface area contributed by atoms with Gasteiger partial charge in [-0.3, -0.25) is 14.4 Å². The molecule has 202 valence electrons. The first-order valence-corrected chi connectivity index (χ1v) is 12.4. The van der Waals surface area contributed by atoms with Gasteiger partial charge >= 0.3 is 0 Å². The Balaban J connectivity index is 1.44. The molecule has 6 rings (SSSR count). The Kier molecular flexibility index (Phi) is 6.53. The molecule has 38 heavy (non-hydrogen) atoms. The first-order valence-electron chi connectivity index (χ1n) is 12.4. The molecule has 4 fully saturated rings. The van der Waals surface area contributed by atoms with Gasteiger partial charge in [-0.25, -0.2) is 22.0 Å². The van der Waals surface area contributed by atoms with Crippen molar-refractivity contribution in [3.63, 3.8) is 0 Å². The highest BCUT2D eigenvalue weighted by atomic mass is 19.3. The fourth-order valence-electron chi connectivity index (χ4n) is 5.99. The summed E-state index contributed by atoms with van der Waals surface area (Å²) in [5, 5.41) is 14.3. The fraction of sp³-hybridized carbons (Fsp3) is 0.520. The summed E-state index contributed by atoms with van der Waals surface area (Å²) >= 11 is 0. The van der Waals surface area contributed by atoms with Gasteiger partial charge in [0.25, 0.3) is 11.8 Å². The number of carbonyl (C=O) groups excluding carboxylic acids is 3. The van der Waals surface area contributed by atoms with Crippen LogP contribution in [0.4, 0.5) is 22.0 Å². The molecular weight excluding hydrogens is 513 g/mol. The number of hydrogen-bond donors (Lipinski definition) is 3. The van der Waals surface area contributed by atoms with Gasteiger partial charge in [0.2, 0.25) is 11.8 Å². The predicted octanol–water partition coefficient (Wildman–Crippen LogP) is 3.14. The Hall–Kier alpha value is -3.69. The summed E-state index contributed by atoms with van der Waals surface area (Å²) in [6, 6.07) is -0.723. The summed E-state index contributed by atoms with van der Waals surface area (Å²) in [7, 11) is 0. The Morgan fingerprint density at radius 1 is 1.18 bits per heavy atom. The molecule has 4 aliphatic rings. The number of nitrogens with one attached hydrogen (secondary N) is 3. The SMILES string of the molecule is N#C[C@H](C[C@H]1CCCNC1=O)NC(=O)[C@@H]1[C@H]2CC[C@H](CC2(F)F)N1C(=O)c1cc2c(F)cc(F)c(F)c2[nH]1. The van der Waals surface area contributed by atoms with Crippen molar-refractivity contribution < 1.29 is 36.3 Å². The van der Waals surface area contributed by atoms with Crippen LogP contribution in [0.15, 0.2) is 12.1 Å². The summed E-state index contributed by atoms with van der Waals surface area (Å²) in [5.41, 5.74) is -0.998. The van der Waals surface area contributed by atoms with Crippen molar-refractivity contribution in [3.8, 4) is 6.07 Å². The lowest BCUT2D eigenvalue weighted by Crippen LogP contribution is -2.68. The molecule has 13 heteroatoms. The van der Waals surface area contributed by atoms with E-state index < -0.39 is 88.2 Å². The summed E-state index contributed by atoms with van der Waals surface area (Å²) in [6.07, 6.45) is 0.601. The highest BCUT2D eigenvalue weighted by molar-refractivity contribution is 6.01. The van der Waals surface area contributed by atoms with Gasteiger partial charge in [-0.15, -0.1) is 0 Å². The van der Waals surface area contributed by atoms with Crippen molar-refractivity contribution in [1.29, 1.82) is 5.26 Å². The van der Waals surface area contributed by atoms with Gasteiger partial charge in [-0.2, -0.15) is 5.26 Å².